The number of ether oxygens (including phenoxy) is 1. The highest BCUT2D eigenvalue weighted by Gasteiger charge is 2.14. The Balaban J connectivity index is 3.16. The lowest BCUT2D eigenvalue weighted by Gasteiger charge is -2.10. The Morgan fingerprint density at radius 1 is 1.43 bits per heavy atom. The molecule has 1 aromatic rings. The number of benzene rings is 1. The molecular weight excluding hydrogens is 190 g/mol. The number of rotatable bonds is 3. The quantitative estimate of drug-likeness (QED) is 0.815. The van der Waals surface area contributed by atoms with Crippen LogP contribution in [0.3, 0.4) is 0 Å². The normalized spacial score (nSPS) is 12.6. The molecular formula is C10H12F2O2. The van der Waals surface area contributed by atoms with Crippen LogP contribution in [0, 0.1) is 11.6 Å². The monoisotopic (exact) mass is 202 g/mol. The molecule has 0 radical (unpaired) electrons. The number of aliphatic hydroxyl groups excluding tert-OH is 1. The van der Waals surface area contributed by atoms with E-state index < -0.39 is 17.7 Å². The van der Waals surface area contributed by atoms with Gasteiger partial charge in [0.25, 0.3) is 0 Å². The second kappa shape index (κ2) is 4.37. The van der Waals surface area contributed by atoms with Gasteiger partial charge in [0.05, 0.1) is 13.2 Å². The average Bonchev–Trinajstić information content (AvgIpc) is 2.20. The van der Waals surface area contributed by atoms with Crippen LogP contribution in [-0.2, 0) is 0 Å². The third-order valence-electron chi connectivity index (χ3n) is 2.01. The molecule has 14 heavy (non-hydrogen) atoms. The Morgan fingerprint density at radius 2 is 2.07 bits per heavy atom. The Hall–Kier alpha value is -1.16. The molecule has 4 heteroatoms. The summed E-state index contributed by atoms with van der Waals surface area (Å²) in [5.41, 5.74) is 0.322. The summed E-state index contributed by atoms with van der Waals surface area (Å²) in [6.07, 6.45) is -0.354. The highest BCUT2D eigenvalue weighted by Crippen LogP contribution is 2.26. The van der Waals surface area contributed by atoms with Crippen molar-refractivity contribution in [3.05, 3.63) is 29.3 Å². The predicted octanol–water partition coefficient (Wildman–Crippen LogP) is 2.42. The van der Waals surface area contributed by atoms with Crippen LogP contribution in [0.2, 0.25) is 0 Å². The summed E-state index contributed by atoms with van der Waals surface area (Å²) < 4.78 is 30.6. The maximum absolute atomic E-state index is 13.0. The Bertz CT molecular complexity index is 326. The predicted molar refractivity (Wildman–Crippen MR) is 48.2 cm³/mol. The molecule has 0 unspecified atom stereocenters. The first-order valence-corrected chi connectivity index (χ1v) is 4.31. The first-order chi connectivity index (χ1) is 6.60. The summed E-state index contributed by atoms with van der Waals surface area (Å²) in [6.45, 7) is 1.75. The first-order valence-electron chi connectivity index (χ1n) is 4.31. The van der Waals surface area contributed by atoms with Gasteiger partial charge in [-0.3, -0.25) is 0 Å². The zero-order valence-corrected chi connectivity index (χ0v) is 8.05. The molecule has 0 aliphatic carbocycles. The maximum Gasteiger partial charge on any atom is 0.200 e. The molecule has 0 aliphatic heterocycles. The molecule has 1 aromatic carbocycles. The number of halogens is 2. The molecule has 0 heterocycles. The molecule has 0 saturated carbocycles. The third-order valence-corrected chi connectivity index (χ3v) is 2.01. The molecule has 1 N–H and O–H groups in total. The van der Waals surface area contributed by atoms with Gasteiger partial charge in [0, 0.05) is 0 Å². The number of aliphatic hydroxyl groups is 1. The van der Waals surface area contributed by atoms with Crippen molar-refractivity contribution in [1.29, 1.82) is 0 Å². The lowest BCUT2D eigenvalue weighted by Crippen LogP contribution is -2.00. The molecule has 1 rings (SSSR count). The van der Waals surface area contributed by atoms with E-state index in [0.29, 0.717) is 12.0 Å². The largest absolute Gasteiger partial charge is 0.494 e. The number of methoxy groups -OCH3 is 1. The van der Waals surface area contributed by atoms with Crippen LogP contribution in [0.25, 0.3) is 0 Å². The van der Waals surface area contributed by atoms with Crippen LogP contribution in [0.15, 0.2) is 12.1 Å². The lowest BCUT2D eigenvalue weighted by molar-refractivity contribution is 0.172. The van der Waals surface area contributed by atoms with Gasteiger partial charge < -0.3 is 9.84 Å². The highest BCUT2D eigenvalue weighted by atomic mass is 19.2. The van der Waals surface area contributed by atoms with Crippen LogP contribution in [-0.4, -0.2) is 12.2 Å². The summed E-state index contributed by atoms with van der Waals surface area (Å²) in [6, 6.07) is 2.28. The van der Waals surface area contributed by atoms with E-state index in [0.717, 1.165) is 6.07 Å². The minimum absolute atomic E-state index is 0.187. The average molecular weight is 202 g/mol. The molecule has 0 saturated heterocycles. The van der Waals surface area contributed by atoms with Crippen molar-refractivity contribution in [2.24, 2.45) is 0 Å². The summed E-state index contributed by atoms with van der Waals surface area (Å²) in [5.74, 6) is -2.22. The van der Waals surface area contributed by atoms with Crippen LogP contribution in [0.4, 0.5) is 8.78 Å². The topological polar surface area (TPSA) is 29.5 Å². The second-order valence-corrected chi connectivity index (χ2v) is 2.94. The van der Waals surface area contributed by atoms with Gasteiger partial charge in [-0.15, -0.1) is 0 Å². The molecule has 78 valence electrons. The SMILES string of the molecule is CC[C@H](O)c1cc(F)c(F)c(OC)c1. The number of hydrogen-bond donors (Lipinski definition) is 1. The zero-order valence-electron chi connectivity index (χ0n) is 8.05. The smallest absolute Gasteiger partial charge is 0.200 e. The maximum atomic E-state index is 13.0. The van der Waals surface area contributed by atoms with Crippen molar-refractivity contribution in [2.75, 3.05) is 7.11 Å². The fraction of sp³-hybridized carbons (Fsp3) is 0.400. The molecule has 0 spiro atoms. The van der Waals surface area contributed by atoms with Crippen LogP contribution in [0.1, 0.15) is 25.0 Å². The molecule has 0 fully saturated rings. The van der Waals surface area contributed by atoms with Gasteiger partial charge in [-0.25, -0.2) is 4.39 Å². The van der Waals surface area contributed by atoms with Gasteiger partial charge in [0.1, 0.15) is 0 Å². The van der Waals surface area contributed by atoms with E-state index in [4.69, 9.17) is 0 Å². The minimum atomic E-state index is -1.03. The van der Waals surface area contributed by atoms with Gasteiger partial charge in [0.15, 0.2) is 11.6 Å². The molecule has 0 amide bonds. The van der Waals surface area contributed by atoms with Crippen molar-refractivity contribution >= 4 is 0 Å². The van der Waals surface area contributed by atoms with Crippen molar-refractivity contribution in [3.8, 4) is 5.75 Å². The summed E-state index contributed by atoms with van der Waals surface area (Å²) in [7, 11) is 1.25. The standard InChI is InChI=1S/C10H12F2O2/c1-3-8(13)6-4-7(11)10(12)9(5-6)14-2/h4-5,8,13H,3H2,1-2H3/t8-/m0/s1. The highest BCUT2D eigenvalue weighted by molar-refractivity contribution is 5.32. The van der Waals surface area contributed by atoms with Crippen molar-refractivity contribution < 1.29 is 18.6 Å². The van der Waals surface area contributed by atoms with E-state index in [1.54, 1.807) is 6.92 Å². The van der Waals surface area contributed by atoms with Crippen molar-refractivity contribution in [2.45, 2.75) is 19.4 Å². The minimum Gasteiger partial charge on any atom is -0.494 e. The van der Waals surface area contributed by atoms with E-state index in [1.165, 1.54) is 13.2 Å². The van der Waals surface area contributed by atoms with Crippen LogP contribution in [0.5, 0.6) is 5.75 Å². The third kappa shape index (κ3) is 2.01. The van der Waals surface area contributed by atoms with E-state index in [-0.39, 0.29) is 5.75 Å². The Labute approximate surface area is 81.1 Å². The summed E-state index contributed by atoms with van der Waals surface area (Å²) in [5, 5.41) is 9.42. The number of hydrogen-bond acceptors (Lipinski definition) is 2. The lowest BCUT2D eigenvalue weighted by atomic mass is 10.1. The van der Waals surface area contributed by atoms with Crippen molar-refractivity contribution in [1.82, 2.24) is 0 Å². The second-order valence-electron chi connectivity index (χ2n) is 2.94. The van der Waals surface area contributed by atoms with Crippen LogP contribution < -0.4 is 4.74 Å². The van der Waals surface area contributed by atoms with E-state index in [1.807, 2.05) is 0 Å². The van der Waals surface area contributed by atoms with Gasteiger partial charge in [-0.05, 0) is 24.1 Å². The Kier molecular flexibility index (Phi) is 3.41. The van der Waals surface area contributed by atoms with Gasteiger partial charge in [-0.1, -0.05) is 6.92 Å². The van der Waals surface area contributed by atoms with E-state index in [9.17, 15) is 13.9 Å². The van der Waals surface area contributed by atoms with Gasteiger partial charge in [0.2, 0.25) is 5.82 Å². The molecule has 0 bridgehead atoms. The molecule has 1 atom stereocenters. The summed E-state index contributed by atoms with van der Waals surface area (Å²) >= 11 is 0. The molecule has 0 aromatic heterocycles. The van der Waals surface area contributed by atoms with Crippen molar-refractivity contribution in [3.63, 3.8) is 0 Å². The molecule has 2 nitrogen and oxygen atoms in total. The van der Waals surface area contributed by atoms with Gasteiger partial charge in [-0.2, -0.15) is 4.39 Å². The zero-order chi connectivity index (χ0) is 10.7. The first kappa shape index (κ1) is 10.9. The molecule has 0 aliphatic rings. The van der Waals surface area contributed by atoms with E-state index >= 15 is 0 Å². The fourth-order valence-electron chi connectivity index (χ4n) is 1.16. The van der Waals surface area contributed by atoms with Gasteiger partial charge >= 0.3 is 0 Å². The summed E-state index contributed by atoms with van der Waals surface area (Å²) in [4.78, 5) is 0. The fourth-order valence-corrected chi connectivity index (χ4v) is 1.16. The van der Waals surface area contributed by atoms with Crippen LogP contribution >= 0.6 is 0 Å². The Morgan fingerprint density at radius 3 is 2.57 bits per heavy atom. The van der Waals surface area contributed by atoms with E-state index in [2.05, 4.69) is 4.74 Å².